The molecule has 1 aromatic carbocycles. The van der Waals surface area contributed by atoms with E-state index in [1.165, 1.54) is 4.90 Å². The highest BCUT2D eigenvalue weighted by atomic mass is 35.5. The van der Waals surface area contributed by atoms with Gasteiger partial charge in [-0.15, -0.1) is 0 Å². The number of urea groups is 1. The molecule has 3 amide bonds. The molecule has 1 aromatic rings. The van der Waals surface area contributed by atoms with Crippen molar-refractivity contribution in [3.05, 3.63) is 29.3 Å². The minimum atomic E-state index is -0.411. The largest absolute Gasteiger partial charge is 0.360 e. The molecule has 7 heteroatoms. The van der Waals surface area contributed by atoms with E-state index >= 15 is 0 Å². The van der Waals surface area contributed by atoms with Crippen LogP contribution >= 0.6 is 11.6 Å². The molecule has 24 heavy (non-hydrogen) atoms. The summed E-state index contributed by atoms with van der Waals surface area (Å²) in [6.45, 7) is 8.33. The standard InChI is InChI=1S/C17H25ClN4O2/c1-13(2)11-19-17(24)20-16(23)12-21-6-8-22(9-7-21)15-5-3-4-14(18)10-15/h3-5,10,13H,6-9,11-12H2,1-2H3,(H2,19,20,23,24)/p+1. The van der Waals surface area contributed by atoms with Crippen LogP contribution in [0.4, 0.5) is 10.5 Å². The van der Waals surface area contributed by atoms with Gasteiger partial charge in [-0.2, -0.15) is 0 Å². The summed E-state index contributed by atoms with van der Waals surface area (Å²) in [5.74, 6) is 0.124. The van der Waals surface area contributed by atoms with Crippen LogP contribution < -0.4 is 20.4 Å². The molecular formula is C17H26ClN4O2+. The number of amides is 3. The molecule has 3 N–H and O–H groups in total. The number of piperazine rings is 1. The van der Waals surface area contributed by atoms with Crippen molar-refractivity contribution in [2.75, 3.05) is 44.2 Å². The van der Waals surface area contributed by atoms with Gasteiger partial charge in [0, 0.05) is 17.3 Å². The Labute approximate surface area is 148 Å². The van der Waals surface area contributed by atoms with Crippen LogP contribution in [0, 0.1) is 5.92 Å². The Kier molecular flexibility index (Phi) is 6.87. The molecule has 1 heterocycles. The SMILES string of the molecule is CC(C)CNC(=O)NC(=O)C[NH+]1CCN(c2cccc(Cl)c2)CC1. The number of carbonyl (C=O) groups excluding carboxylic acids is 2. The van der Waals surface area contributed by atoms with Crippen molar-refractivity contribution in [3.63, 3.8) is 0 Å². The fourth-order valence-corrected chi connectivity index (χ4v) is 2.85. The fraction of sp³-hybridized carbons (Fsp3) is 0.529. The lowest BCUT2D eigenvalue weighted by molar-refractivity contribution is -0.892. The third-order valence-corrected chi connectivity index (χ3v) is 4.21. The van der Waals surface area contributed by atoms with Gasteiger partial charge in [-0.3, -0.25) is 10.1 Å². The van der Waals surface area contributed by atoms with Crippen LogP contribution in [0.1, 0.15) is 13.8 Å². The molecule has 0 radical (unpaired) electrons. The maximum atomic E-state index is 11.9. The summed E-state index contributed by atoms with van der Waals surface area (Å²) >= 11 is 6.03. The predicted molar refractivity (Wildman–Crippen MR) is 95.6 cm³/mol. The fourth-order valence-electron chi connectivity index (χ4n) is 2.67. The Bertz CT molecular complexity index is 571. The van der Waals surface area contributed by atoms with E-state index in [4.69, 9.17) is 11.6 Å². The molecule has 1 aliphatic heterocycles. The van der Waals surface area contributed by atoms with Crippen LogP contribution in [0.5, 0.6) is 0 Å². The first-order valence-corrected chi connectivity index (χ1v) is 8.73. The number of nitrogens with zero attached hydrogens (tertiary/aromatic N) is 1. The van der Waals surface area contributed by atoms with Crippen LogP contribution in [0.3, 0.4) is 0 Å². The Morgan fingerprint density at radius 2 is 2.00 bits per heavy atom. The first-order chi connectivity index (χ1) is 11.4. The molecule has 132 valence electrons. The van der Waals surface area contributed by atoms with Crippen molar-refractivity contribution < 1.29 is 14.5 Å². The van der Waals surface area contributed by atoms with Crippen LogP contribution in [0.2, 0.25) is 5.02 Å². The summed E-state index contributed by atoms with van der Waals surface area (Å²) in [5.41, 5.74) is 1.11. The van der Waals surface area contributed by atoms with E-state index in [1.54, 1.807) is 0 Å². The number of nitrogens with one attached hydrogen (secondary N) is 3. The van der Waals surface area contributed by atoms with E-state index < -0.39 is 6.03 Å². The lowest BCUT2D eigenvalue weighted by Crippen LogP contribution is -3.16. The summed E-state index contributed by atoms with van der Waals surface area (Å²) in [4.78, 5) is 27.0. The van der Waals surface area contributed by atoms with E-state index in [1.807, 2.05) is 38.1 Å². The number of imide groups is 1. The molecule has 0 aromatic heterocycles. The number of anilines is 1. The summed E-state index contributed by atoms with van der Waals surface area (Å²) in [7, 11) is 0. The van der Waals surface area contributed by atoms with Gasteiger partial charge in [-0.05, 0) is 24.1 Å². The van der Waals surface area contributed by atoms with Crippen molar-refractivity contribution in [3.8, 4) is 0 Å². The maximum Gasteiger partial charge on any atom is 0.321 e. The molecule has 1 aliphatic rings. The zero-order valence-electron chi connectivity index (χ0n) is 14.3. The quantitative estimate of drug-likeness (QED) is 0.723. The summed E-state index contributed by atoms with van der Waals surface area (Å²) in [6.07, 6.45) is 0. The van der Waals surface area contributed by atoms with Gasteiger partial charge in [0.05, 0.1) is 26.2 Å². The number of quaternary nitrogens is 1. The third-order valence-electron chi connectivity index (χ3n) is 3.98. The number of benzene rings is 1. The topological polar surface area (TPSA) is 65.9 Å². The minimum absolute atomic E-state index is 0.234. The summed E-state index contributed by atoms with van der Waals surface area (Å²) in [6, 6.07) is 7.40. The zero-order chi connectivity index (χ0) is 17.5. The van der Waals surface area contributed by atoms with Crippen LogP contribution in [-0.4, -0.2) is 51.2 Å². The van der Waals surface area contributed by atoms with Gasteiger partial charge in [0.15, 0.2) is 6.54 Å². The minimum Gasteiger partial charge on any atom is -0.360 e. The van der Waals surface area contributed by atoms with E-state index in [9.17, 15) is 9.59 Å². The van der Waals surface area contributed by atoms with Gasteiger partial charge in [0.1, 0.15) is 0 Å². The van der Waals surface area contributed by atoms with Crippen LogP contribution in [0.25, 0.3) is 0 Å². The van der Waals surface area contributed by atoms with Gasteiger partial charge in [0.25, 0.3) is 5.91 Å². The molecule has 1 saturated heterocycles. The summed E-state index contributed by atoms with van der Waals surface area (Å²) < 4.78 is 0. The molecule has 0 aliphatic carbocycles. The molecule has 0 bridgehead atoms. The van der Waals surface area contributed by atoms with Crippen molar-refractivity contribution in [1.29, 1.82) is 0 Å². The molecule has 2 rings (SSSR count). The van der Waals surface area contributed by atoms with E-state index in [-0.39, 0.29) is 5.91 Å². The Morgan fingerprint density at radius 3 is 2.62 bits per heavy atom. The molecule has 0 saturated carbocycles. The van der Waals surface area contributed by atoms with Gasteiger partial charge in [-0.1, -0.05) is 31.5 Å². The molecular weight excluding hydrogens is 328 g/mol. The van der Waals surface area contributed by atoms with Crippen LogP contribution in [-0.2, 0) is 4.79 Å². The molecule has 0 spiro atoms. The van der Waals surface area contributed by atoms with Crippen molar-refractivity contribution in [2.45, 2.75) is 13.8 Å². The lowest BCUT2D eigenvalue weighted by Gasteiger charge is -2.33. The number of halogens is 1. The van der Waals surface area contributed by atoms with Crippen molar-refractivity contribution in [2.24, 2.45) is 5.92 Å². The monoisotopic (exact) mass is 353 g/mol. The Balaban J connectivity index is 1.72. The molecule has 0 atom stereocenters. The normalized spacial score (nSPS) is 15.4. The van der Waals surface area contributed by atoms with Crippen molar-refractivity contribution >= 4 is 29.2 Å². The van der Waals surface area contributed by atoms with Gasteiger partial charge < -0.3 is 15.1 Å². The van der Waals surface area contributed by atoms with Crippen LogP contribution in [0.15, 0.2) is 24.3 Å². The number of rotatable bonds is 5. The average Bonchev–Trinajstić information content (AvgIpc) is 2.53. The molecule has 6 nitrogen and oxygen atoms in total. The molecule has 1 fully saturated rings. The first-order valence-electron chi connectivity index (χ1n) is 8.36. The van der Waals surface area contributed by atoms with E-state index in [0.717, 1.165) is 36.9 Å². The van der Waals surface area contributed by atoms with Gasteiger partial charge >= 0.3 is 6.03 Å². The second-order valence-electron chi connectivity index (χ2n) is 6.55. The Hall–Kier alpha value is -1.79. The molecule has 0 unspecified atom stereocenters. The maximum absolute atomic E-state index is 11.9. The average molecular weight is 354 g/mol. The second kappa shape index (κ2) is 8.89. The van der Waals surface area contributed by atoms with Gasteiger partial charge in [0.2, 0.25) is 0 Å². The highest BCUT2D eigenvalue weighted by Gasteiger charge is 2.23. The number of hydrogen-bond acceptors (Lipinski definition) is 3. The van der Waals surface area contributed by atoms with Gasteiger partial charge in [-0.25, -0.2) is 4.79 Å². The first kappa shape index (κ1) is 18.5. The number of carbonyl (C=O) groups is 2. The highest BCUT2D eigenvalue weighted by molar-refractivity contribution is 6.30. The predicted octanol–water partition coefficient (Wildman–Crippen LogP) is 0.527. The van der Waals surface area contributed by atoms with E-state index in [0.29, 0.717) is 19.0 Å². The second-order valence-corrected chi connectivity index (χ2v) is 6.98. The Morgan fingerprint density at radius 1 is 1.29 bits per heavy atom. The highest BCUT2D eigenvalue weighted by Crippen LogP contribution is 2.19. The van der Waals surface area contributed by atoms with Crippen molar-refractivity contribution in [1.82, 2.24) is 10.6 Å². The van der Waals surface area contributed by atoms with E-state index in [2.05, 4.69) is 15.5 Å². The summed E-state index contributed by atoms with van der Waals surface area (Å²) in [5, 5.41) is 5.81. The zero-order valence-corrected chi connectivity index (χ0v) is 15.0. The third kappa shape index (κ3) is 6.02. The smallest absolute Gasteiger partial charge is 0.321 e. The lowest BCUT2D eigenvalue weighted by atomic mass is 10.2. The number of hydrogen-bond donors (Lipinski definition) is 3.